The van der Waals surface area contributed by atoms with Gasteiger partial charge in [0.15, 0.2) is 0 Å². The van der Waals surface area contributed by atoms with Crippen molar-refractivity contribution in [3.63, 3.8) is 0 Å². The molecule has 1 aliphatic heterocycles. The van der Waals surface area contributed by atoms with Gasteiger partial charge in [0.25, 0.3) is 0 Å². The summed E-state index contributed by atoms with van der Waals surface area (Å²) in [6.45, 7) is 4.39. The molecule has 86 valence electrons. The molecule has 2 fully saturated rings. The Labute approximate surface area is 90.1 Å². The van der Waals surface area contributed by atoms with E-state index in [-0.39, 0.29) is 5.91 Å². The summed E-state index contributed by atoms with van der Waals surface area (Å²) >= 11 is 0. The third-order valence-corrected chi connectivity index (χ3v) is 2.71. The molecule has 15 heavy (non-hydrogen) atoms. The molecule has 2 N–H and O–H groups in total. The molecule has 0 atom stereocenters. The average molecular weight is 213 g/mol. The predicted molar refractivity (Wildman–Crippen MR) is 56.1 cm³/mol. The summed E-state index contributed by atoms with van der Waals surface area (Å²) in [5, 5.41) is 5.09. The number of ether oxygens (including phenoxy) is 1. The first-order valence-electron chi connectivity index (χ1n) is 5.67. The molecule has 0 bridgehead atoms. The minimum atomic E-state index is 0.0533. The number of amides is 1. The van der Waals surface area contributed by atoms with Gasteiger partial charge in [-0.2, -0.15) is 0 Å². The Kier molecular flexibility index (Phi) is 3.94. The van der Waals surface area contributed by atoms with Crippen molar-refractivity contribution >= 4 is 5.91 Å². The van der Waals surface area contributed by atoms with Crippen LogP contribution in [-0.2, 0) is 9.53 Å². The molecular formula is C10H19N3O2. The van der Waals surface area contributed by atoms with Crippen molar-refractivity contribution in [2.24, 2.45) is 5.92 Å². The van der Waals surface area contributed by atoms with E-state index in [2.05, 4.69) is 10.7 Å². The van der Waals surface area contributed by atoms with Gasteiger partial charge in [-0.05, 0) is 25.3 Å². The number of nitrogens with one attached hydrogen (secondary N) is 2. The topological polar surface area (TPSA) is 53.6 Å². The molecule has 0 unspecified atom stereocenters. The van der Waals surface area contributed by atoms with Gasteiger partial charge in [-0.25, -0.2) is 5.01 Å². The van der Waals surface area contributed by atoms with Gasteiger partial charge >= 0.3 is 0 Å². The molecule has 0 aromatic heterocycles. The standard InChI is InChI=1S/C10H19N3O2/c14-10(8-11-7-9-1-2-9)12-13-3-5-15-6-4-13/h9,11H,1-8H2,(H,12,14). The molecule has 0 radical (unpaired) electrons. The SMILES string of the molecule is O=C(CNCC1CC1)NN1CCOCC1. The molecule has 2 rings (SSSR count). The lowest BCUT2D eigenvalue weighted by Gasteiger charge is -2.26. The Hall–Kier alpha value is -0.650. The minimum Gasteiger partial charge on any atom is -0.379 e. The second kappa shape index (κ2) is 5.44. The maximum atomic E-state index is 11.5. The Morgan fingerprint density at radius 2 is 2.07 bits per heavy atom. The zero-order valence-corrected chi connectivity index (χ0v) is 9.00. The van der Waals surface area contributed by atoms with Crippen LogP contribution in [0.5, 0.6) is 0 Å². The fraction of sp³-hybridized carbons (Fsp3) is 0.900. The first kappa shape index (κ1) is 10.9. The van der Waals surface area contributed by atoms with Crippen LogP contribution in [0.15, 0.2) is 0 Å². The van der Waals surface area contributed by atoms with Crippen molar-refractivity contribution in [1.29, 1.82) is 0 Å². The minimum absolute atomic E-state index is 0.0533. The molecular weight excluding hydrogens is 194 g/mol. The first-order valence-corrected chi connectivity index (χ1v) is 5.67. The number of hydrogen-bond acceptors (Lipinski definition) is 4. The van der Waals surface area contributed by atoms with Crippen LogP contribution in [0.1, 0.15) is 12.8 Å². The summed E-state index contributed by atoms with van der Waals surface area (Å²) in [4.78, 5) is 11.5. The zero-order chi connectivity index (χ0) is 10.5. The van der Waals surface area contributed by atoms with Crippen molar-refractivity contribution in [2.45, 2.75) is 12.8 Å². The monoisotopic (exact) mass is 213 g/mol. The van der Waals surface area contributed by atoms with E-state index in [4.69, 9.17) is 4.74 Å². The lowest BCUT2D eigenvalue weighted by molar-refractivity contribution is -0.127. The molecule has 0 aromatic carbocycles. The van der Waals surface area contributed by atoms with Gasteiger partial charge in [-0.15, -0.1) is 0 Å². The fourth-order valence-corrected chi connectivity index (χ4v) is 1.60. The van der Waals surface area contributed by atoms with Crippen molar-refractivity contribution in [3.05, 3.63) is 0 Å². The van der Waals surface area contributed by atoms with Crippen LogP contribution in [0.2, 0.25) is 0 Å². The van der Waals surface area contributed by atoms with E-state index in [0.717, 1.165) is 25.6 Å². The molecule has 1 amide bonds. The molecule has 1 aliphatic carbocycles. The largest absolute Gasteiger partial charge is 0.379 e. The van der Waals surface area contributed by atoms with Gasteiger partial charge in [-0.1, -0.05) is 0 Å². The van der Waals surface area contributed by atoms with Gasteiger partial charge in [0.2, 0.25) is 5.91 Å². The number of hydrogen-bond donors (Lipinski definition) is 2. The Balaban J connectivity index is 1.54. The van der Waals surface area contributed by atoms with Gasteiger partial charge < -0.3 is 10.1 Å². The first-order chi connectivity index (χ1) is 7.34. The van der Waals surface area contributed by atoms with Crippen molar-refractivity contribution in [3.8, 4) is 0 Å². The molecule has 5 nitrogen and oxygen atoms in total. The van der Waals surface area contributed by atoms with E-state index in [1.165, 1.54) is 12.8 Å². The summed E-state index contributed by atoms with van der Waals surface area (Å²) in [7, 11) is 0. The van der Waals surface area contributed by atoms with Crippen LogP contribution in [0.3, 0.4) is 0 Å². The van der Waals surface area contributed by atoms with Crippen LogP contribution < -0.4 is 10.7 Å². The summed E-state index contributed by atoms with van der Waals surface area (Å²) in [6.07, 6.45) is 2.64. The van der Waals surface area contributed by atoms with Crippen LogP contribution >= 0.6 is 0 Å². The van der Waals surface area contributed by atoms with Crippen LogP contribution in [0.25, 0.3) is 0 Å². The average Bonchev–Trinajstić information content (AvgIpc) is 3.03. The number of morpholine rings is 1. The highest BCUT2D eigenvalue weighted by molar-refractivity contribution is 5.77. The van der Waals surface area contributed by atoms with Gasteiger partial charge in [0.05, 0.1) is 19.8 Å². The van der Waals surface area contributed by atoms with Crippen molar-refractivity contribution < 1.29 is 9.53 Å². The van der Waals surface area contributed by atoms with Gasteiger partial charge in [-0.3, -0.25) is 10.2 Å². The van der Waals surface area contributed by atoms with E-state index >= 15 is 0 Å². The maximum absolute atomic E-state index is 11.5. The second-order valence-corrected chi connectivity index (χ2v) is 4.21. The Morgan fingerprint density at radius 3 is 2.73 bits per heavy atom. The van der Waals surface area contributed by atoms with Crippen molar-refractivity contribution in [1.82, 2.24) is 15.8 Å². The molecule has 0 aromatic rings. The van der Waals surface area contributed by atoms with Crippen molar-refractivity contribution in [2.75, 3.05) is 39.4 Å². The highest BCUT2D eigenvalue weighted by Gasteiger charge is 2.20. The third kappa shape index (κ3) is 4.15. The normalized spacial score (nSPS) is 22.7. The number of hydrazine groups is 1. The highest BCUT2D eigenvalue weighted by atomic mass is 16.5. The van der Waals surface area contributed by atoms with E-state index in [9.17, 15) is 4.79 Å². The second-order valence-electron chi connectivity index (χ2n) is 4.21. The zero-order valence-electron chi connectivity index (χ0n) is 9.00. The predicted octanol–water partition coefficient (Wildman–Crippen LogP) is -0.651. The molecule has 1 heterocycles. The van der Waals surface area contributed by atoms with E-state index in [1.54, 1.807) is 0 Å². The summed E-state index contributed by atoms with van der Waals surface area (Å²) in [5.74, 6) is 0.874. The molecule has 2 aliphatic rings. The smallest absolute Gasteiger partial charge is 0.248 e. The number of rotatable bonds is 5. The van der Waals surface area contributed by atoms with E-state index in [1.807, 2.05) is 5.01 Å². The molecule has 1 saturated carbocycles. The Bertz CT molecular complexity index is 213. The molecule has 5 heteroatoms. The number of carbonyl (C=O) groups is 1. The fourth-order valence-electron chi connectivity index (χ4n) is 1.60. The third-order valence-electron chi connectivity index (χ3n) is 2.71. The highest BCUT2D eigenvalue weighted by Crippen LogP contribution is 2.27. The van der Waals surface area contributed by atoms with Gasteiger partial charge in [0, 0.05) is 13.1 Å². The van der Waals surface area contributed by atoms with Gasteiger partial charge in [0.1, 0.15) is 0 Å². The molecule has 1 saturated heterocycles. The quantitative estimate of drug-likeness (QED) is 0.637. The van der Waals surface area contributed by atoms with E-state index in [0.29, 0.717) is 19.8 Å². The lowest BCUT2D eigenvalue weighted by Crippen LogP contribution is -2.50. The van der Waals surface area contributed by atoms with Crippen LogP contribution in [0, 0.1) is 5.92 Å². The lowest BCUT2D eigenvalue weighted by atomic mass is 10.4. The molecule has 0 spiro atoms. The summed E-state index contributed by atoms with van der Waals surface area (Å²) in [6, 6.07) is 0. The van der Waals surface area contributed by atoms with Crippen LogP contribution in [-0.4, -0.2) is 50.3 Å². The summed E-state index contributed by atoms with van der Waals surface area (Å²) < 4.78 is 5.19. The van der Waals surface area contributed by atoms with E-state index < -0.39 is 0 Å². The Morgan fingerprint density at radius 1 is 1.33 bits per heavy atom. The summed E-state index contributed by atoms with van der Waals surface area (Å²) in [5.41, 5.74) is 2.86. The van der Waals surface area contributed by atoms with Crippen LogP contribution in [0.4, 0.5) is 0 Å². The number of nitrogens with zero attached hydrogens (tertiary/aromatic N) is 1. The number of carbonyl (C=O) groups excluding carboxylic acids is 1. The maximum Gasteiger partial charge on any atom is 0.248 e.